The minimum atomic E-state index is -4.47. The van der Waals surface area contributed by atoms with Crippen molar-refractivity contribution in [2.45, 2.75) is 38.5 Å². The SMILES string of the molecule is Cc1cc(C(F)(F)F)cc(Br)c1NC(=O)N1CCC[C@@H]1c1ncnn1Cc1ccc(Cl)cc1. The van der Waals surface area contributed by atoms with Crippen LogP contribution in [0.25, 0.3) is 0 Å². The zero-order valence-corrected chi connectivity index (χ0v) is 19.9. The van der Waals surface area contributed by atoms with Crippen molar-refractivity contribution in [3.05, 3.63) is 74.7 Å². The summed E-state index contributed by atoms with van der Waals surface area (Å²) in [6, 6.07) is 8.68. The summed E-state index contributed by atoms with van der Waals surface area (Å²) in [6.45, 7) is 2.50. The van der Waals surface area contributed by atoms with Gasteiger partial charge in [-0.3, -0.25) is 0 Å². The molecule has 1 aromatic heterocycles. The number of aromatic nitrogens is 3. The Hall–Kier alpha value is -2.59. The van der Waals surface area contributed by atoms with E-state index in [2.05, 4.69) is 31.3 Å². The normalized spacial score (nSPS) is 16.3. The van der Waals surface area contributed by atoms with Crippen LogP contribution in [0.1, 0.15) is 41.4 Å². The van der Waals surface area contributed by atoms with E-state index >= 15 is 0 Å². The third-order valence-corrected chi connectivity index (χ3v) is 6.43. The van der Waals surface area contributed by atoms with Crippen LogP contribution >= 0.6 is 27.5 Å². The molecule has 3 aromatic rings. The van der Waals surface area contributed by atoms with Crippen molar-refractivity contribution in [2.24, 2.45) is 0 Å². The number of carbonyl (C=O) groups excluding carboxylic acids is 1. The van der Waals surface area contributed by atoms with Gasteiger partial charge in [0, 0.05) is 16.0 Å². The van der Waals surface area contributed by atoms with Gasteiger partial charge in [-0.2, -0.15) is 18.3 Å². The molecule has 2 amide bonds. The number of halogens is 5. The smallest absolute Gasteiger partial charge is 0.314 e. The van der Waals surface area contributed by atoms with Crippen LogP contribution in [0.5, 0.6) is 0 Å². The number of rotatable bonds is 4. The molecule has 0 aliphatic carbocycles. The first-order valence-corrected chi connectivity index (χ1v) is 11.4. The molecule has 33 heavy (non-hydrogen) atoms. The van der Waals surface area contributed by atoms with Crippen LogP contribution in [0.2, 0.25) is 5.02 Å². The minimum absolute atomic E-state index is 0.171. The highest BCUT2D eigenvalue weighted by molar-refractivity contribution is 9.10. The first-order valence-electron chi connectivity index (χ1n) is 10.2. The largest absolute Gasteiger partial charge is 0.416 e. The van der Waals surface area contributed by atoms with Gasteiger partial charge in [-0.1, -0.05) is 23.7 Å². The molecule has 1 fully saturated rings. The van der Waals surface area contributed by atoms with Crippen molar-refractivity contribution in [3.8, 4) is 0 Å². The highest BCUT2D eigenvalue weighted by Gasteiger charge is 2.35. The summed E-state index contributed by atoms with van der Waals surface area (Å²) in [7, 11) is 0. The molecular formula is C22H20BrClF3N5O. The Morgan fingerprint density at radius 2 is 2.00 bits per heavy atom. The molecule has 0 bridgehead atoms. The lowest BCUT2D eigenvalue weighted by molar-refractivity contribution is -0.137. The predicted octanol–water partition coefficient (Wildman–Crippen LogP) is 6.44. The Morgan fingerprint density at radius 3 is 2.67 bits per heavy atom. The average molecular weight is 543 g/mol. The number of amides is 2. The maximum absolute atomic E-state index is 13.1. The summed E-state index contributed by atoms with van der Waals surface area (Å²) in [6.07, 6.45) is -1.53. The standard InChI is InChI=1S/C22H20BrClF3N5O/c1-13-9-15(22(25,26)27)10-17(23)19(13)30-21(33)31-8-2-3-18(31)20-28-12-29-32(20)11-14-4-6-16(24)7-5-14/h4-7,9-10,12,18H,2-3,8,11H2,1H3,(H,30,33)/t18-/m1/s1. The summed E-state index contributed by atoms with van der Waals surface area (Å²) in [4.78, 5) is 19.2. The van der Waals surface area contributed by atoms with Crippen LogP contribution in [-0.2, 0) is 12.7 Å². The number of anilines is 1. The van der Waals surface area contributed by atoms with E-state index in [9.17, 15) is 18.0 Å². The second-order valence-electron chi connectivity index (χ2n) is 7.83. The third-order valence-electron chi connectivity index (χ3n) is 5.55. The van der Waals surface area contributed by atoms with Gasteiger partial charge in [-0.05, 0) is 71.1 Å². The van der Waals surface area contributed by atoms with Crippen LogP contribution in [0.15, 0.2) is 47.2 Å². The molecule has 1 saturated heterocycles. The first kappa shape index (κ1) is 23.6. The summed E-state index contributed by atoms with van der Waals surface area (Å²) in [5.41, 5.74) is 0.830. The number of benzene rings is 2. The lowest BCUT2D eigenvalue weighted by atomic mass is 10.1. The van der Waals surface area contributed by atoms with Crippen LogP contribution in [0, 0.1) is 6.92 Å². The minimum Gasteiger partial charge on any atom is -0.314 e. The van der Waals surface area contributed by atoms with Crippen LogP contribution < -0.4 is 5.32 Å². The fourth-order valence-corrected chi connectivity index (χ4v) is 4.72. The maximum Gasteiger partial charge on any atom is 0.416 e. The number of alkyl halides is 3. The fourth-order valence-electron chi connectivity index (χ4n) is 3.94. The van der Waals surface area contributed by atoms with Gasteiger partial charge in [0.15, 0.2) is 0 Å². The van der Waals surface area contributed by atoms with Crippen molar-refractivity contribution >= 4 is 39.2 Å². The maximum atomic E-state index is 13.1. The van der Waals surface area contributed by atoms with Gasteiger partial charge in [0.25, 0.3) is 0 Å². The molecule has 6 nitrogen and oxygen atoms in total. The fraction of sp³-hybridized carbons (Fsp3) is 0.318. The van der Waals surface area contributed by atoms with E-state index < -0.39 is 17.8 Å². The lowest BCUT2D eigenvalue weighted by Gasteiger charge is -2.25. The summed E-state index contributed by atoms with van der Waals surface area (Å²) < 4.78 is 41.1. The molecule has 1 aliphatic rings. The molecular weight excluding hydrogens is 523 g/mol. The van der Waals surface area contributed by atoms with E-state index in [1.54, 1.807) is 21.7 Å². The quantitative estimate of drug-likeness (QED) is 0.413. The van der Waals surface area contributed by atoms with E-state index in [1.165, 1.54) is 13.3 Å². The molecule has 2 aromatic carbocycles. The summed E-state index contributed by atoms with van der Waals surface area (Å²) >= 11 is 9.12. The first-order chi connectivity index (χ1) is 15.6. The van der Waals surface area contributed by atoms with Gasteiger partial charge in [-0.15, -0.1) is 0 Å². The molecule has 2 heterocycles. The van der Waals surface area contributed by atoms with Gasteiger partial charge >= 0.3 is 12.2 Å². The summed E-state index contributed by atoms with van der Waals surface area (Å²) in [5, 5.41) is 7.72. The van der Waals surface area contributed by atoms with Crippen LogP contribution in [0.4, 0.5) is 23.7 Å². The second kappa shape index (κ2) is 9.34. The van der Waals surface area contributed by atoms with Crippen LogP contribution in [0.3, 0.4) is 0 Å². The van der Waals surface area contributed by atoms with E-state index in [4.69, 9.17) is 11.6 Å². The number of hydrogen-bond acceptors (Lipinski definition) is 3. The monoisotopic (exact) mass is 541 g/mol. The summed E-state index contributed by atoms with van der Waals surface area (Å²) in [5.74, 6) is 0.654. The van der Waals surface area contributed by atoms with E-state index in [0.717, 1.165) is 24.1 Å². The van der Waals surface area contributed by atoms with Gasteiger partial charge < -0.3 is 10.2 Å². The Labute approximate surface area is 201 Å². The zero-order valence-electron chi connectivity index (χ0n) is 17.5. The molecule has 174 valence electrons. The van der Waals surface area contributed by atoms with E-state index in [1.807, 2.05) is 12.1 Å². The molecule has 1 atom stereocenters. The number of likely N-dealkylation sites (tertiary alicyclic amines) is 1. The molecule has 4 rings (SSSR count). The molecule has 0 radical (unpaired) electrons. The van der Waals surface area contributed by atoms with Crippen molar-refractivity contribution in [1.29, 1.82) is 0 Å². The topological polar surface area (TPSA) is 63.1 Å². The van der Waals surface area contributed by atoms with Gasteiger partial charge in [0.2, 0.25) is 0 Å². The highest BCUT2D eigenvalue weighted by Crippen LogP contribution is 2.37. The average Bonchev–Trinajstić information content (AvgIpc) is 3.40. The zero-order chi connectivity index (χ0) is 23.8. The van der Waals surface area contributed by atoms with Crippen LogP contribution in [-0.4, -0.2) is 32.2 Å². The van der Waals surface area contributed by atoms with Crippen molar-refractivity contribution in [2.75, 3.05) is 11.9 Å². The van der Waals surface area contributed by atoms with Crippen molar-refractivity contribution in [3.63, 3.8) is 0 Å². The number of aryl methyl sites for hydroxylation is 1. The molecule has 11 heteroatoms. The van der Waals surface area contributed by atoms with Gasteiger partial charge in [-0.25, -0.2) is 14.5 Å². The van der Waals surface area contributed by atoms with Crippen molar-refractivity contribution < 1.29 is 18.0 Å². The molecule has 0 spiro atoms. The second-order valence-corrected chi connectivity index (χ2v) is 9.12. The molecule has 0 unspecified atom stereocenters. The Morgan fingerprint density at radius 1 is 1.27 bits per heavy atom. The third kappa shape index (κ3) is 5.16. The molecule has 0 saturated carbocycles. The highest BCUT2D eigenvalue weighted by atomic mass is 79.9. The Balaban J connectivity index is 1.53. The number of carbonyl (C=O) groups is 1. The van der Waals surface area contributed by atoms with Gasteiger partial charge in [0.1, 0.15) is 12.2 Å². The lowest BCUT2D eigenvalue weighted by Crippen LogP contribution is -2.36. The number of urea groups is 1. The van der Waals surface area contributed by atoms with E-state index in [0.29, 0.717) is 41.6 Å². The Bertz CT molecular complexity index is 1140. The number of hydrogen-bond donors (Lipinski definition) is 1. The van der Waals surface area contributed by atoms with E-state index in [-0.39, 0.29) is 10.5 Å². The predicted molar refractivity (Wildman–Crippen MR) is 122 cm³/mol. The molecule has 1 N–H and O–H groups in total. The van der Waals surface area contributed by atoms with Crippen molar-refractivity contribution in [1.82, 2.24) is 19.7 Å². The number of nitrogens with one attached hydrogen (secondary N) is 1. The van der Waals surface area contributed by atoms with Gasteiger partial charge in [0.05, 0.1) is 23.8 Å². The Kier molecular flexibility index (Phi) is 6.67. The molecule has 1 aliphatic heterocycles. The number of nitrogens with zero attached hydrogens (tertiary/aromatic N) is 4.